The Balaban J connectivity index is 2.11. The lowest BCUT2D eigenvalue weighted by Crippen LogP contribution is -2.46. The fourth-order valence-corrected chi connectivity index (χ4v) is 0.623. The summed E-state index contributed by atoms with van der Waals surface area (Å²) in [6.07, 6.45) is -0.532. The van der Waals surface area contributed by atoms with E-state index in [2.05, 4.69) is 0 Å². The van der Waals surface area contributed by atoms with Crippen molar-refractivity contribution >= 4 is 7.98 Å². The minimum absolute atomic E-state index is 0.532. The summed E-state index contributed by atoms with van der Waals surface area (Å²) in [6.45, 7) is 1.28. The summed E-state index contributed by atoms with van der Waals surface area (Å²) < 4.78 is 11.7. The molecule has 0 saturated carbocycles. The smallest absolute Gasteiger partial charge is 0.185 e. The van der Waals surface area contributed by atoms with Crippen molar-refractivity contribution in [1.29, 1.82) is 0 Å². The molecule has 0 unspecified atom stereocenters. The van der Waals surface area contributed by atoms with Crippen molar-refractivity contribution < 1.29 is 4.39 Å². The zero-order chi connectivity index (χ0) is 4.57. The van der Waals surface area contributed by atoms with E-state index in [1.54, 1.807) is 0 Å². The van der Waals surface area contributed by atoms with Gasteiger partial charge >= 0.3 is 0 Å². The predicted octanol–water partition coefficient (Wildman–Crippen LogP) is -0.812. The highest BCUT2D eigenvalue weighted by molar-refractivity contribution is 6.04. The zero-order valence-corrected chi connectivity index (χ0v) is 3.82. The Labute approximate surface area is 37.6 Å². The summed E-state index contributed by atoms with van der Waals surface area (Å²) in [7, 11) is 1.91. The lowest BCUT2D eigenvalue weighted by molar-refractivity contribution is 0.145. The van der Waals surface area contributed by atoms with Crippen LogP contribution in [-0.2, 0) is 0 Å². The maximum absolute atomic E-state index is 11.7. The van der Waals surface area contributed by atoms with Gasteiger partial charge < -0.3 is 4.81 Å². The molecule has 0 aliphatic carbocycles. The molecular weight excluding hydrogens is 79.8 g/mol. The van der Waals surface area contributed by atoms with Crippen LogP contribution in [-0.4, -0.2) is 32.1 Å². The summed E-state index contributed by atoms with van der Waals surface area (Å²) in [5, 5.41) is 0. The van der Waals surface area contributed by atoms with E-state index in [-0.39, 0.29) is 0 Å². The van der Waals surface area contributed by atoms with Gasteiger partial charge in [-0.1, -0.05) is 0 Å². The van der Waals surface area contributed by atoms with Crippen LogP contribution >= 0.6 is 0 Å². The van der Waals surface area contributed by atoms with Gasteiger partial charge in [0, 0.05) is 13.1 Å². The highest BCUT2D eigenvalue weighted by atomic mass is 19.1. The molecule has 0 aromatic rings. The van der Waals surface area contributed by atoms with Gasteiger partial charge in [-0.05, 0) is 0 Å². The van der Waals surface area contributed by atoms with Crippen molar-refractivity contribution in [2.75, 3.05) is 13.1 Å². The van der Waals surface area contributed by atoms with Gasteiger partial charge in [-0.25, -0.2) is 4.39 Å². The average molecular weight is 86.9 g/mol. The molecular formula is C3H7BFN. The Hall–Kier alpha value is -0.0451. The van der Waals surface area contributed by atoms with Crippen LogP contribution in [0.15, 0.2) is 0 Å². The zero-order valence-electron chi connectivity index (χ0n) is 3.82. The Morgan fingerprint density at radius 3 is 2.17 bits per heavy atom. The summed E-state index contributed by atoms with van der Waals surface area (Å²) in [4.78, 5) is 1.95. The second-order valence-corrected chi connectivity index (χ2v) is 1.82. The Morgan fingerprint density at radius 2 is 2.17 bits per heavy atom. The van der Waals surface area contributed by atoms with Crippen molar-refractivity contribution in [3.63, 3.8) is 0 Å². The lowest BCUT2D eigenvalue weighted by Gasteiger charge is -2.30. The van der Waals surface area contributed by atoms with Crippen molar-refractivity contribution in [3.05, 3.63) is 0 Å². The van der Waals surface area contributed by atoms with Crippen LogP contribution in [0.25, 0.3) is 0 Å². The van der Waals surface area contributed by atoms with E-state index in [0.29, 0.717) is 13.1 Å². The van der Waals surface area contributed by atoms with E-state index in [0.717, 1.165) is 0 Å². The molecule has 1 rings (SSSR count). The van der Waals surface area contributed by atoms with Crippen molar-refractivity contribution in [3.8, 4) is 0 Å². The molecule has 1 fully saturated rings. The van der Waals surface area contributed by atoms with E-state index >= 15 is 0 Å². The molecule has 0 radical (unpaired) electrons. The molecule has 1 saturated heterocycles. The van der Waals surface area contributed by atoms with Crippen molar-refractivity contribution in [2.24, 2.45) is 0 Å². The SMILES string of the molecule is BN1CC(F)C1. The number of hydrogen-bond acceptors (Lipinski definition) is 1. The minimum atomic E-state index is -0.532. The highest BCUT2D eigenvalue weighted by Gasteiger charge is 2.20. The van der Waals surface area contributed by atoms with Crippen LogP contribution in [0.4, 0.5) is 4.39 Å². The number of rotatable bonds is 0. The molecule has 34 valence electrons. The summed E-state index contributed by atoms with van der Waals surface area (Å²) >= 11 is 0. The largest absolute Gasteiger partial charge is 0.344 e. The number of halogens is 1. The third-order valence-corrected chi connectivity index (χ3v) is 1.02. The van der Waals surface area contributed by atoms with Crippen molar-refractivity contribution in [1.82, 2.24) is 4.81 Å². The molecule has 1 aliphatic heterocycles. The molecule has 0 spiro atoms. The van der Waals surface area contributed by atoms with E-state index in [1.165, 1.54) is 0 Å². The second kappa shape index (κ2) is 1.22. The average Bonchev–Trinajstić information content (AvgIpc) is 1.33. The van der Waals surface area contributed by atoms with Gasteiger partial charge in [-0.2, -0.15) is 0 Å². The van der Waals surface area contributed by atoms with Crippen LogP contribution in [0.2, 0.25) is 0 Å². The van der Waals surface area contributed by atoms with Gasteiger partial charge in [0.15, 0.2) is 7.98 Å². The van der Waals surface area contributed by atoms with Gasteiger partial charge in [0.2, 0.25) is 0 Å². The van der Waals surface area contributed by atoms with Crippen LogP contribution < -0.4 is 0 Å². The first-order chi connectivity index (χ1) is 2.79. The first-order valence-corrected chi connectivity index (χ1v) is 2.11. The minimum Gasteiger partial charge on any atom is -0.344 e. The number of hydrogen-bond donors (Lipinski definition) is 0. The van der Waals surface area contributed by atoms with Crippen LogP contribution in [0.3, 0.4) is 0 Å². The molecule has 0 atom stereocenters. The van der Waals surface area contributed by atoms with Gasteiger partial charge in [0.1, 0.15) is 6.17 Å². The molecule has 0 aromatic carbocycles. The molecule has 0 N–H and O–H groups in total. The molecule has 1 aliphatic rings. The third kappa shape index (κ3) is 0.546. The standard InChI is InChI=1S/C3H7BFN/c4-6-1-3(5)2-6/h3H,1-2,4H2. The first-order valence-electron chi connectivity index (χ1n) is 2.11. The number of nitrogens with zero attached hydrogens (tertiary/aromatic N) is 1. The van der Waals surface area contributed by atoms with E-state index in [1.807, 2.05) is 12.8 Å². The molecule has 0 aromatic heterocycles. The summed E-state index contributed by atoms with van der Waals surface area (Å²) in [5.74, 6) is 0. The van der Waals surface area contributed by atoms with Gasteiger partial charge in [0.05, 0.1) is 0 Å². The first kappa shape index (κ1) is 4.12. The van der Waals surface area contributed by atoms with Crippen LogP contribution in [0.1, 0.15) is 0 Å². The Morgan fingerprint density at radius 1 is 1.67 bits per heavy atom. The van der Waals surface area contributed by atoms with E-state index in [4.69, 9.17) is 0 Å². The normalized spacial score (nSPS) is 26.8. The van der Waals surface area contributed by atoms with Crippen LogP contribution in [0.5, 0.6) is 0 Å². The van der Waals surface area contributed by atoms with Gasteiger partial charge in [0.25, 0.3) is 0 Å². The maximum Gasteiger partial charge on any atom is 0.185 e. The monoisotopic (exact) mass is 87.1 g/mol. The Bertz CT molecular complexity index is 46.8. The summed E-state index contributed by atoms with van der Waals surface area (Å²) in [5.41, 5.74) is 0. The fraction of sp³-hybridized carbons (Fsp3) is 1.00. The van der Waals surface area contributed by atoms with Gasteiger partial charge in [-0.15, -0.1) is 0 Å². The predicted molar refractivity (Wildman–Crippen MR) is 25.0 cm³/mol. The van der Waals surface area contributed by atoms with Gasteiger partial charge in [-0.3, -0.25) is 0 Å². The molecule has 3 heteroatoms. The van der Waals surface area contributed by atoms with Crippen molar-refractivity contribution in [2.45, 2.75) is 6.17 Å². The molecule has 6 heavy (non-hydrogen) atoms. The summed E-state index contributed by atoms with van der Waals surface area (Å²) in [6, 6.07) is 0. The fourth-order valence-electron chi connectivity index (χ4n) is 0.623. The Kier molecular flexibility index (Phi) is 0.842. The quantitative estimate of drug-likeness (QED) is 0.349. The number of alkyl halides is 1. The van der Waals surface area contributed by atoms with Crippen LogP contribution in [0, 0.1) is 0 Å². The topological polar surface area (TPSA) is 3.24 Å². The third-order valence-electron chi connectivity index (χ3n) is 1.02. The highest BCUT2D eigenvalue weighted by Crippen LogP contribution is 2.05. The molecule has 1 nitrogen and oxygen atoms in total. The van der Waals surface area contributed by atoms with E-state index in [9.17, 15) is 4.39 Å². The molecule has 0 amide bonds. The second-order valence-electron chi connectivity index (χ2n) is 1.82. The lowest BCUT2D eigenvalue weighted by atomic mass is 10.1. The van der Waals surface area contributed by atoms with E-state index < -0.39 is 6.17 Å². The maximum atomic E-state index is 11.7. The molecule has 0 bridgehead atoms. The molecule has 1 heterocycles.